The van der Waals surface area contributed by atoms with Crippen LogP contribution in [0.2, 0.25) is 0 Å². The van der Waals surface area contributed by atoms with E-state index in [1.54, 1.807) is 6.33 Å². The van der Waals surface area contributed by atoms with Gasteiger partial charge in [0.25, 0.3) is 0 Å². The number of halogens is 1. The first kappa shape index (κ1) is 9.46. The molecule has 4 heteroatoms. The van der Waals surface area contributed by atoms with Crippen molar-refractivity contribution in [3.8, 4) is 0 Å². The van der Waals surface area contributed by atoms with Crippen molar-refractivity contribution < 1.29 is 0 Å². The van der Waals surface area contributed by atoms with Gasteiger partial charge in [0.1, 0.15) is 0 Å². The summed E-state index contributed by atoms with van der Waals surface area (Å²) >= 11 is 0. The molecule has 0 aliphatic rings. The van der Waals surface area contributed by atoms with Gasteiger partial charge in [0, 0.05) is 24.9 Å². The van der Waals surface area contributed by atoms with Crippen molar-refractivity contribution in [2.75, 3.05) is 13.6 Å². The molecule has 1 rings (SSSR count). The monoisotopic (exact) mass is 161 g/mol. The summed E-state index contributed by atoms with van der Waals surface area (Å²) in [6.07, 6.45) is 4.57. The lowest BCUT2D eigenvalue weighted by Gasteiger charge is -1.93. The minimum Gasteiger partial charge on any atom is -0.348 e. The van der Waals surface area contributed by atoms with E-state index in [0.717, 1.165) is 13.0 Å². The highest BCUT2D eigenvalue weighted by Crippen LogP contribution is 1.89. The fraction of sp³-hybridized carbons (Fsp3) is 0.500. The first-order valence-corrected chi connectivity index (χ1v) is 3.05. The predicted octanol–water partition coefficient (Wildman–Crippen LogP) is 0.593. The number of imidazole rings is 1. The lowest BCUT2D eigenvalue weighted by atomic mass is 10.3. The highest BCUT2D eigenvalue weighted by Gasteiger charge is 1.89. The zero-order chi connectivity index (χ0) is 6.53. The van der Waals surface area contributed by atoms with Crippen LogP contribution in [-0.4, -0.2) is 23.6 Å². The van der Waals surface area contributed by atoms with Crippen LogP contribution in [-0.2, 0) is 6.42 Å². The summed E-state index contributed by atoms with van der Waals surface area (Å²) in [6.45, 7) is 1.00. The number of H-pyrrole nitrogens is 1. The minimum atomic E-state index is 0. The Labute approximate surface area is 66.7 Å². The molecule has 0 bridgehead atoms. The van der Waals surface area contributed by atoms with Crippen LogP contribution in [0, 0.1) is 0 Å². The Kier molecular flexibility index (Phi) is 4.98. The number of nitrogens with one attached hydrogen (secondary N) is 2. The van der Waals surface area contributed by atoms with Crippen molar-refractivity contribution in [3.05, 3.63) is 18.2 Å². The highest BCUT2D eigenvalue weighted by molar-refractivity contribution is 5.85. The lowest BCUT2D eigenvalue weighted by molar-refractivity contribution is 0.780. The molecule has 1 heterocycles. The topological polar surface area (TPSA) is 40.7 Å². The van der Waals surface area contributed by atoms with Gasteiger partial charge in [-0.2, -0.15) is 0 Å². The molecule has 0 atom stereocenters. The highest BCUT2D eigenvalue weighted by atomic mass is 35.5. The van der Waals surface area contributed by atoms with Crippen molar-refractivity contribution >= 4 is 12.4 Å². The van der Waals surface area contributed by atoms with E-state index in [-0.39, 0.29) is 12.4 Å². The molecular weight excluding hydrogens is 150 g/mol. The standard InChI is InChI=1S/C6H11N3.ClH/c1-7-3-2-6-4-8-5-9-6;/h4-5,7H,2-3H2,1H3,(H,8,9);1H. The predicted molar refractivity (Wildman–Crippen MR) is 43.5 cm³/mol. The summed E-state index contributed by atoms with van der Waals surface area (Å²) in [5.41, 5.74) is 1.18. The second-order valence-corrected chi connectivity index (χ2v) is 1.93. The van der Waals surface area contributed by atoms with Gasteiger partial charge in [0.15, 0.2) is 0 Å². The van der Waals surface area contributed by atoms with Crippen LogP contribution in [0.25, 0.3) is 0 Å². The number of rotatable bonds is 3. The van der Waals surface area contributed by atoms with Crippen LogP contribution in [0.3, 0.4) is 0 Å². The van der Waals surface area contributed by atoms with Gasteiger partial charge in [-0.25, -0.2) is 4.98 Å². The lowest BCUT2D eigenvalue weighted by Crippen LogP contribution is -2.10. The van der Waals surface area contributed by atoms with Gasteiger partial charge < -0.3 is 10.3 Å². The summed E-state index contributed by atoms with van der Waals surface area (Å²) in [4.78, 5) is 6.91. The molecule has 3 nitrogen and oxygen atoms in total. The molecule has 0 saturated heterocycles. The van der Waals surface area contributed by atoms with Crippen LogP contribution in [0.4, 0.5) is 0 Å². The fourth-order valence-corrected chi connectivity index (χ4v) is 0.681. The van der Waals surface area contributed by atoms with Gasteiger partial charge in [-0.05, 0) is 7.05 Å². The Morgan fingerprint density at radius 2 is 2.50 bits per heavy atom. The van der Waals surface area contributed by atoms with E-state index in [1.807, 2.05) is 13.2 Å². The molecule has 0 unspecified atom stereocenters. The van der Waals surface area contributed by atoms with E-state index >= 15 is 0 Å². The molecule has 10 heavy (non-hydrogen) atoms. The Balaban J connectivity index is 0.000000810. The SMILES string of the molecule is CNCCc1cnc[nH]1.Cl. The van der Waals surface area contributed by atoms with Crippen LogP contribution >= 0.6 is 12.4 Å². The summed E-state index contributed by atoms with van der Waals surface area (Å²) in [5, 5.41) is 3.06. The van der Waals surface area contributed by atoms with E-state index in [9.17, 15) is 0 Å². The largest absolute Gasteiger partial charge is 0.348 e. The van der Waals surface area contributed by atoms with Crippen LogP contribution < -0.4 is 5.32 Å². The van der Waals surface area contributed by atoms with Crippen molar-refractivity contribution in [3.63, 3.8) is 0 Å². The van der Waals surface area contributed by atoms with Crippen LogP contribution in [0.1, 0.15) is 5.69 Å². The van der Waals surface area contributed by atoms with Gasteiger partial charge in [0.2, 0.25) is 0 Å². The molecule has 0 aliphatic carbocycles. The molecule has 0 fully saturated rings. The van der Waals surface area contributed by atoms with Gasteiger partial charge in [0.05, 0.1) is 6.33 Å². The third kappa shape index (κ3) is 2.85. The third-order valence-electron chi connectivity index (χ3n) is 1.20. The molecular formula is C6H12ClN3. The van der Waals surface area contributed by atoms with Crippen LogP contribution in [0.5, 0.6) is 0 Å². The maximum atomic E-state index is 3.89. The zero-order valence-electron chi connectivity index (χ0n) is 5.92. The molecule has 0 saturated carbocycles. The molecule has 0 aromatic carbocycles. The van der Waals surface area contributed by atoms with Crippen molar-refractivity contribution in [2.45, 2.75) is 6.42 Å². The average Bonchev–Trinajstić information content (AvgIpc) is 2.34. The Bertz CT molecular complexity index is 150. The van der Waals surface area contributed by atoms with E-state index in [2.05, 4.69) is 15.3 Å². The van der Waals surface area contributed by atoms with Crippen molar-refractivity contribution in [1.29, 1.82) is 0 Å². The number of hydrogen-bond acceptors (Lipinski definition) is 2. The maximum absolute atomic E-state index is 3.89. The third-order valence-corrected chi connectivity index (χ3v) is 1.20. The smallest absolute Gasteiger partial charge is 0.0921 e. The Morgan fingerprint density at radius 3 is 3.00 bits per heavy atom. The molecule has 1 aromatic rings. The van der Waals surface area contributed by atoms with Crippen molar-refractivity contribution in [1.82, 2.24) is 15.3 Å². The average molecular weight is 162 g/mol. The van der Waals surface area contributed by atoms with E-state index < -0.39 is 0 Å². The van der Waals surface area contributed by atoms with Crippen LogP contribution in [0.15, 0.2) is 12.5 Å². The quantitative estimate of drug-likeness (QED) is 0.682. The number of aromatic nitrogens is 2. The van der Waals surface area contributed by atoms with Gasteiger partial charge in [-0.1, -0.05) is 0 Å². The summed E-state index contributed by atoms with van der Waals surface area (Å²) in [5.74, 6) is 0. The second kappa shape index (κ2) is 5.26. The molecule has 58 valence electrons. The van der Waals surface area contributed by atoms with Crippen molar-refractivity contribution in [2.24, 2.45) is 0 Å². The first-order valence-electron chi connectivity index (χ1n) is 3.05. The summed E-state index contributed by atoms with van der Waals surface area (Å²) < 4.78 is 0. The second-order valence-electron chi connectivity index (χ2n) is 1.93. The molecule has 0 aliphatic heterocycles. The summed E-state index contributed by atoms with van der Waals surface area (Å²) in [6, 6.07) is 0. The van der Waals surface area contributed by atoms with Gasteiger partial charge in [-0.3, -0.25) is 0 Å². The molecule has 0 spiro atoms. The molecule has 0 amide bonds. The normalized spacial score (nSPS) is 8.90. The van der Waals surface area contributed by atoms with E-state index in [1.165, 1.54) is 5.69 Å². The van der Waals surface area contributed by atoms with E-state index in [4.69, 9.17) is 0 Å². The number of likely N-dealkylation sites (N-methyl/N-ethyl adjacent to an activating group) is 1. The number of aromatic amines is 1. The summed E-state index contributed by atoms with van der Waals surface area (Å²) in [7, 11) is 1.94. The molecule has 0 radical (unpaired) electrons. The first-order chi connectivity index (χ1) is 4.43. The number of nitrogens with zero attached hydrogens (tertiary/aromatic N) is 1. The maximum Gasteiger partial charge on any atom is 0.0921 e. The van der Waals surface area contributed by atoms with Gasteiger partial charge >= 0.3 is 0 Å². The molecule has 2 N–H and O–H groups in total. The fourth-order valence-electron chi connectivity index (χ4n) is 0.681. The van der Waals surface area contributed by atoms with E-state index in [0.29, 0.717) is 0 Å². The van der Waals surface area contributed by atoms with Gasteiger partial charge in [-0.15, -0.1) is 12.4 Å². The Morgan fingerprint density at radius 1 is 1.70 bits per heavy atom. The Hall–Kier alpha value is -0.540. The number of hydrogen-bond donors (Lipinski definition) is 2. The molecule has 1 aromatic heterocycles. The minimum absolute atomic E-state index is 0. The zero-order valence-corrected chi connectivity index (χ0v) is 6.74.